The van der Waals surface area contributed by atoms with Crippen LogP contribution >= 0.6 is 0 Å². The van der Waals surface area contributed by atoms with E-state index in [1.807, 2.05) is 0 Å². The van der Waals surface area contributed by atoms with Gasteiger partial charge in [-0.05, 0) is 42.0 Å². The monoisotopic (exact) mass is 338 g/mol. The largest absolute Gasteiger partial charge is 0.484 e. The van der Waals surface area contributed by atoms with E-state index in [9.17, 15) is 17.6 Å². The molecule has 2 rings (SSSR count). The topological polar surface area (TPSA) is 98.5 Å². The lowest BCUT2D eigenvalue weighted by Gasteiger charge is -2.08. The van der Waals surface area contributed by atoms with Gasteiger partial charge < -0.3 is 10.1 Å². The summed E-state index contributed by atoms with van der Waals surface area (Å²) in [5.74, 6) is -0.353. The predicted octanol–water partition coefficient (Wildman–Crippen LogP) is 1.17. The molecule has 2 aromatic rings. The fraction of sp³-hybridized carbons (Fsp3) is 0.133. The molecule has 0 saturated heterocycles. The molecule has 0 unspecified atom stereocenters. The first-order valence-corrected chi connectivity index (χ1v) is 8.16. The number of ether oxygens (including phenoxy) is 1. The van der Waals surface area contributed by atoms with E-state index in [4.69, 9.17) is 9.88 Å². The van der Waals surface area contributed by atoms with Crippen LogP contribution in [0.4, 0.5) is 4.39 Å². The lowest BCUT2D eigenvalue weighted by atomic mass is 10.2. The average molecular weight is 338 g/mol. The number of carbonyl (C=O) groups excluding carboxylic acids is 1. The van der Waals surface area contributed by atoms with E-state index >= 15 is 0 Å². The number of rotatable bonds is 6. The highest BCUT2D eigenvalue weighted by Crippen LogP contribution is 2.11. The Morgan fingerprint density at radius 1 is 1.09 bits per heavy atom. The minimum atomic E-state index is -3.73. The van der Waals surface area contributed by atoms with Gasteiger partial charge in [0.05, 0.1) is 4.90 Å². The third kappa shape index (κ3) is 5.35. The molecule has 6 nitrogen and oxygen atoms in total. The number of nitrogens with one attached hydrogen (secondary N) is 1. The van der Waals surface area contributed by atoms with Crippen molar-refractivity contribution in [1.29, 1.82) is 0 Å². The molecule has 0 spiro atoms. The van der Waals surface area contributed by atoms with Crippen LogP contribution in [0.25, 0.3) is 0 Å². The van der Waals surface area contributed by atoms with Gasteiger partial charge in [0.15, 0.2) is 6.61 Å². The molecule has 0 radical (unpaired) electrons. The van der Waals surface area contributed by atoms with Crippen molar-refractivity contribution in [3.63, 3.8) is 0 Å². The maximum Gasteiger partial charge on any atom is 0.258 e. The van der Waals surface area contributed by atoms with Gasteiger partial charge in [-0.1, -0.05) is 12.1 Å². The van der Waals surface area contributed by atoms with Crippen LogP contribution in [-0.4, -0.2) is 20.9 Å². The van der Waals surface area contributed by atoms with Gasteiger partial charge in [-0.3, -0.25) is 4.79 Å². The summed E-state index contributed by atoms with van der Waals surface area (Å²) < 4.78 is 40.2. The molecule has 0 heterocycles. The molecule has 0 bridgehead atoms. The quantitative estimate of drug-likeness (QED) is 0.826. The zero-order valence-corrected chi connectivity index (χ0v) is 12.8. The van der Waals surface area contributed by atoms with E-state index in [1.165, 1.54) is 36.4 Å². The van der Waals surface area contributed by atoms with Crippen LogP contribution in [0.15, 0.2) is 53.4 Å². The highest BCUT2D eigenvalue weighted by molar-refractivity contribution is 7.89. The van der Waals surface area contributed by atoms with E-state index < -0.39 is 10.0 Å². The normalized spacial score (nSPS) is 11.0. The first-order chi connectivity index (χ1) is 10.8. The van der Waals surface area contributed by atoms with Crippen LogP contribution in [0.2, 0.25) is 0 Å². The van der Waals surface area contributed by atoms with Crippen molar-refractivity contribution in [2.45, 2.75) is 11.4 Å². The average Bonchev–Trinajstić information content (AvgIpc) is 2.52. The van der Waals surface area contributed by atoms with Gasteiger partial charge in [0.1, 0.15) is 11.6 Å². The van der Waals surface area contributed by atoms with Crippen molar-refractivity contribution in [2.24, 2.45) is 5.14 Å². The number of halogens is 1. The molecule has 0 aliphatic rings. The zero-order valence-electron chi connectivity index (χ0n) is 12.0. The number of carbonyl (C=O) groups is 1. The molecule has 2 aromatic carbocycles. The SMILES string of the molecule is NS(=O)(=O)c1ccc(CNC(=O)COc2ccc(F)cc2)cc1. The summed E-state index contributed by atoms with van der Waals surface area (Å²) in [5, 5.41) is 7.62. The van der Waals surface area contributed by atoms with Crippen LogP contribution in [0.3, 0.4) is 0 Å². The Morgan fingerprint density at radius 2 is 1.70 bits per heavy atom. The molecule has 0 aromatic heterocycles. The van der Waals surface area contributed by atoms with Crippen LogP contribution < -0.4 is 15.2 Å². The second kappa shape index (κ2) is 7.21. The number of benzene rings is 2. The zero-order chi connectivity index (χ0) is 16.9. The predicted molar refractivity (Wildman–Crippen MR) is 81.6 cm³/mol. The molecule has 0 aliphatic heterocycles. The maximum absolute atomic E-state index is 12.7. The van der Waals surface area contributed by atoms with Crippen LogP contribution in [0.5, 0.6) is 5.75 Å². The van der Waals surface area contributed by atoms with E-state index in [0.717, 1.165) is 0 Å². The molecule has 23 heavy (non-hydrogen) atoms. The van der Waals surface area contributed by atoms with E-state index in [2.05, 4.69) is 5.32 Å². The first kappa shape index (κ1) is 16.9. The van der Waals surface area contributed by atoms with Crippen molar-refractivity contribution in [2.75, 3.05) is 6.61 Å². The molecule has 1 amide bonds. The Hall–Kier alpha value is -2.45. The Balaban J connectivity index is 1.81. The third-order valence-electron chi connectivity index (χ3n) is 2.93. The van der Waals surface area contributed by atoms with Gasteiger partial charge in [-0.2, -0.15) is 0 Å². The summed E-state index contributed by atoms with van der Waals surface area (Å²) in [4.78, 5) is 11.7. The fourth-order valence-electron chi connectivity index (χ4n) is 1.73. The van der Waals surface area contributed by atoms with E-state index in [1.54, 1.807) is 12.1 Å². The Morgan fingerprint density at radius 3 is 2.26 bits per heavy atom. The lowest BCUT2D eigenvalue weighted by Crippen LogP contribution is -2.28. The summed E-state index contributed by atoms with van der Waals surface area (Å²) in [7, 11) is -3.73. The van der Waals surface area contributed by atoms with Crippen molar-refractivity contribution in [3.05, 3.63) is 59.9 Å². The van der Waals surface area contributed by atoms with Crippen LogP contribution in [0.1, 0.15) is 5.56 Å². The summed E-state index contributed by atoms with van der Waals surface area (Å²) in [5.41, 5.74) is 0.715. The van der Waals surface area contributed by atoms with Gasteiger partial charge in [0, 0.05) is 6.54 Å². The van der Waals surface area contributed by atoms with Crippen molar-refractivity contribution >= 4 is 15.9 Å². The number of nitrogens with two attached hydrogens (primary N) is 1. The molecule has 0 atom stereocenters. The molecule has 0 fully saturated rings. The van der Waals surface area contributed by atoms with Crippen LogP contribution in [-0.2, 0) is 21.4 Å². The summed E-state index contributed by atoms with van der Waals surface area (Å²) in [6.45, 7) is 0.0113. The van der Waals surface area contributed by atoms with E-state index in [0.29, 0.717) is 11.3 Å². The minimum absolute atomic E-state index is 0.00668. The van der Waals surface area contributed by atoms with Gasteiger partial charge in [-0.15, -0.1) is 0 Å². The van der Waals surface area contributed by atoms with Crippen LogP contribution in [0, 0.1) is 5.82 Å². The molecule has 3 N–H and O–H groups in total. The summed E-state index contributed by atoms with van der Waals surface area (Å²) in [6.07, 6.45) is 0. The van der Waals surface area contributed by atoms with Gasteiger partial charge in [0.2, 0.25) is 10.0 Å². The number of sulfonamides is 1. The number of amides is 1. The van der Waals surface area contributed by atoms with E-state index in [-0.39, 0.29) is 29.8 Å². The standard InChI is InChI=1S/C15H15FN2O4S/c16-12-3-5-13(6-4-12)22-10-15(19)18-9-11-1-7-14(8-2-11)23(17,20)21/h1-8H,9-10H2,(H,18,19)(H2,17,20,21). The second-order valence-corrected chi connectivity index (χ2v) is 6.27. The Labute approximate surface area is 133 Å². The van der Waals surface area contributed by atoms with Gasteiger partial charge in [0.25, 0.3) is 5.91 Å². The Bertz CT molecular complexity index is 774. The van der Waals surface area contributed by atoms with Crippen molar-refractivity contribution < 1.29 is 22.3 Å². The number of hydrogen-bond donors (Lipinski definition) is 2. The molecule has 122 valence electrons. The highest BCUT2D eigenvalue weighted by Gasteiger charge is 2.07. The van der Waals surface area contributed by atoms with Gasteiger partial charge >= 0.3 is 0 Å². The lowest BCUT2D eigenvalue weighted by molar-refractivity contribution is -0.123. The fourth-order valence-corrected chi connectivity index (χ4v) is 2.24. The van der Waals surface area contributed by atoms with Crippen molar-refractivity contribution in [1.82, 2.24) is 5.32 Å². The summed E-state index contributed by atoms with van der Waals surface area (Å²) in [6, 6.07) is 11.2. The molecule has 0 aliphatic carbocycles. The molecule has 0 saturated carbocycles. The molecular weight excluding hydrogens is 323 g/mol. The maximum atomic E-state index is 12.7. The minimum Gasteiger partial charge on any atom is -0.484 e. The second-order valence-electron chi connectivity index (χ2n) is 4.71. The Kier molecular flexibility index (Phi) is 5.30. The van der Waals surface area contributed by atoms with Gasteiger partial charge in [-0.25, -0.2) is 17.9 Å². The molecule has 8 heteroatoms. The smallest absolute Gasteiger partial charge is 0.258 e. The number of hydrogen-bond acceptors (Lipinski definition) is 4. The number of primary sulfonamides is 1. The summed E-state index contributed by atoms with van der Waals surface area (Å²) >= 11 is 0. The molecular formula is C15H15FN2O4S. The van der Waals surface area contributed by atoms with Crippen molar-refractivity contribution in [3.8, 4) is 5.75 Å². The first-order valence-electron chi connectivity index (χ1n) is 6.61. The third-order valence-corrected chi connectivity index (χ3v) is 3.85. The highest BCUT2D eigenvalue weighted by atomic mass is 32.2.